The first-order valence-electron chi connectivity index (χ1n) is 5.74. The first kappa shape index (κ1) is 13.7. The molecule has 2 rings (SSSR count). The van der Waals surface area contributed by atoms with Gasteiger partial charge in [0.1, 0.15) is 0 Å². The molecule has 0 N–H and O–H groups in total. The summed E-state index contributed by atoms with van der Waals surface area (Å²) in [7, 11) is -6.37. The van der Waals surface area contributed by atoms with Gasteiger partial charge < -0.3 is 0 Å². The van der Waals surface area contributed by atoms with Crippen molar-refractivity contribution >= 4 is 19.7 Å². The first-order valence-corrected chi connectivity index (χ1v) is 9.39. The molecule has 2 fully saturated rings. The lowest BCUT2D eigenvalue weighted by Gasteiger charge is -2.19. The van der Waals surface area contributed by atoms with Gasteiger partial charge in [0.15, 0.2) is 19.7 Å². The summed E-state index contributed by atoms with van der Waals surface area (Å²) in [6.07, 6.45) is 0.537. The first-order chi connectivity index (χ1) is 8.20. The number of nitrogens with zero attached hydrogens (tertiary/aromatic N) is 1. The smallest absolute Gasteiger partial charge is 0.220 e. The van der Waals surface area contributed by atoms with Gasteiger partial charge in [-0.05, 0) is 12.8 Å². The van der Waals surface area contributed by atoms with Gasteiger partial charge in [0.05, 0.1) is 23.0 Å². The highest BCUT2D eigenvalue weighted by Gasteiger charge is 2.48. The van der Waals surface area contributed by atoms with Crippen molar-refractivity contribution in [2.45, 2.75) is 18.9 Å². The van der Waals surface area contributed by atoms with Crippen LogP contribution in [0.25, 0.3) is 0 Å². The monoisotopic (exact) mass is 297 g/mol. The molecule has 18 heavy (non-hydrogen) atoms. The third kappa shape index (κ3) is 2.82. The van der Waals surface area contributed by atoms with Crippen LogP contribution in [0.4, 0.5) is 0 Å². The van der Waals surface area contributed by atoms with Crippen molar-refractivity contribution < 1.29 is 21.8 Å². The fourth-order valence-electron chi connectivity index (χ4n) is 2.92. The van der Waals surface area contributed by atoms with E-state index in [1.807, 2.05) is 0 Å². The van der Waals surface area contributed by atoms with Crippen LogP contribution in [0.3, 0.4) is 0 Å². The minimum atomic E-state index is -3.19. The van der Waals surface area contributed by atoms with E-state index in [9.17, 15) is 26.9 Å². The third-order valence-electron chi connectivity index (χ3n) is 3.74. The molecule has 0 saturated carbocycles. The molecule has 7 nitrogen and oxygen atoms in total. The Bertz CT molecular complexity index is 508. The van der Waals surface area contributed by atoms with Crippen molar-refractivity contribution in [1.29, 1.82) is 0 Å². The SMILES string of the molecule is O=[N+]([O-])C([C@H]1CCS(=O)(=O)C1)[C@H]1CCS(=O)(=O)C1. The van der Waals surface area contributed by atoms with E-state index in [0.29, 0.717) is 0 Å². The van der Waals surface area contributed by atoms with Crippen molar-refractivity contribution in [2.24, 2.45) is 11.8 Å². The summed E-state index contributed by atoms with van der Waals surface area (Å²) in [5.41, 5.74) is 0. The van der Waals surface area contributed by atoms with Crippen LogP contribution in [0.15, 0.2) is 0 Å². The molecule has 0 radical (unpaired) electrons. The molecule has 0 aromatic heterocycles. The molecule has 2 aliphatic heterocycles. The minimum Gasteiger partial charge on any atom is -0.264 e. The van der Waals surface area contributed by atoms with Gasteiger partial charge in [-0.25, -0.2) is 16.8 Å². The van der Waals surface area contributed by atoms with Crippen LogP contribution in [0.5, 0.6) is 0 Å². The average Bonchev–Trinajstić information content (AvgIpc) is 2.70. The van der Waals surface area contributed by atoms with Crippen LogP contribution in [-0.4, -0.2) is 50.8 Å². The van der Waals surface area contributed by atoms with Gasteiger partial charge in [0.25, 0.3) is 0 Å². The molecule has 9 heteroatoms. The summed E-state index contributed by atoms with van der Waals surface area (Å²) >= 11 is 0. The second-order valence-corrected chi connectivity index (χ2v) is 9.56. The molecule has 2 heterocycles. The maximum absolute atomic E-state index is 11.4. The maximum Gasteiger partial charge on any atom is 0.220 e. The van der Waals surface area contributed by atoms with Gasteiger partial charge in [0, 0.05) is 16.8 Å². The van der Waals surface area contributed by atoms with E-state index in [2.05, 4.69) is 0 Å². The molecule has 0 bridgehead atoms. The topological polar surface area (TPSA) is 111 Å². The summed E-state index contributed by atoms with van der Waals surface area (Å²) in [5.74, 6) is -1.50. The van der Waals surface area contributed by atoms with Crippen LogP contribution in [0.2, 0.25) is 0 Å². The predicted molar refractivity (Wildman–Crippen MR) is 64.3 cm³/mol. The second-order valence-electron chi connectivity index (χ2n) is 5.10. The van der Waals surface area contributed by atoms with E-state index in [-0.39, 0.29) is 35.9 Å². The molecule has 0 amide bonds. The highest BCUT2D eigenvalue weighted by atomic mass is 32.2. The highest BCUT2D eigenvalue weighted by molar-refractivity contribution is 7.91. The third-order valence-corrected chi connectivity index (χ3v) is 7.33. The maximum atomic E-state index is 11.4. The van der Waals surface area contributed by atoms with Crippen molar-refractivity contribution in [3.05, 3.63) is 10.1 Å². The Balaban J connectivity index is 2.18. The number of hydrogen-bond acceptors (Lipinski definition) is 6. The van der Waals surface area contributed by atoms with E-state index in [0.717, 1.165) is 0 Å². The Morgan fingerprint density at radius 1 is 0.944 bits per heavy atom. The molecule has 2 atom stereocenters. The van der Waals surface area contributed by atoms with Gasteiger partial charge in [-0.1, -0.05) is 0 Å². The molecule has 0 aliphatic carbocycles. The summed E-state index contributed by atoms with van der Waals surface area (Å²) in [6.45, 7) is 0. The fraction of sp³-hybridized carbons (Fsp3) is 1.00. The lowest BCUT2D eigenvalue weighted by Crippen LogP contribution is -2.38. The summed E-state index contributed by atoms with van der Waals surface area (Å²) in [4.78, 5) is 10.6. The van der Waals surface area contributed by atoms with E-state index in [1.54, 1.807) is 0 Å². The average molecular weight is 297 g/mol. The number of hydrogen-bond donors (Lipinski definition) is 0. The summed E-state index contributed by atoms with van der Waals surface area (Å²) in [6, 6.07) is -1.04. The van der Waals surface area contributed by atoms with Gasteiger partial charge in [-0.3, -0.25) is 10.1 Å². The fourth-order valence-corrected chi connectivity index (χ4v) is 6.60. The van der Waals surface area contributed by atoms with E-state index < -0.39 is 42.5 Å². The van der Waals surface area contributed by atoms with Crippen molar-refractivity contribution in [2.75, 3.05) is 23.0 Å². The zero-order valence-corrected chi connectivity index (χ0v) is 11.3. The molecular weight excluding hydrogens is 282 g/mol. The van der Waals surface area contributed by atoms with Crippen molar-refractivity contribution in [3.8, 4) is 0 Å². The largest absolute Gasteiger partial charge is 0.264 e. The highest BCUT2D eigenvalue weighted by Crippen LogP contribution is 2.33. The lowest BCUT2D eigenvalue weighted by atomic mass is 9.88. The molecule has 0 aromatic rings. The summed E-state index contributed by atoms with van der Waals surface area (Å²) in [5, 5.41) is 11.1. The summed E-state index contributed by atoms with van der Waals surface area (Å²) < 4.78 is 45.5. The van der Waals surface area contributed by atoms with Crippen LogP contribution >= 0.6 is 0 Å². The molecule has 2 saturated heterocycles. The van der Waals surface area contributed by atoms with Crippen LogP contribution in [-0.2, 0) is 19.7 Å². The Morgan fingerprint density at radius 2 is 1.33 bits per heavy atom. The molecular formula is C9H15NO6S2. The standard InChI is InChI=1S/C9H15NO6S2/c11-10(12)9(7-1-3-17(13,14)5-7)8-2-4-18(15,16)6-8/h7-9H,1-6H2/t7-,8-/m0/s1. The van der Waals surface area contributed by atoms with Gasteiger partial charge in [-0.15, -0.1) is 0 Å². The minimum absolute atomic E-state index is 0.0263. The van der Waals surface area contributed by atoms with Crippen molar-refractivity contribution in [3.63, 3.8) is 0 Å². The van der Waals surface area contributed by atoms with E-state index >= 15 is 0 Å². The number of sulfone groups is 2. The number of nitro groups is 1. The van der Waals surface area contributed by atoms with Crippen LogP contribution in [0, 0.1) is 22.0 Å². The van der Waals surface area contributed by atoms with Gasteiger partial charge >= 0.3 is 0 Å². The van der Waals surface area contributed by atoms with E-state index in [1.165, 1.54) is 0 Å². The zero-order chi connectivity index (χ0) is 13.6. The molecule has 0 unspecified atom stereocenters. The Labute approximate surface area is 106 Å². The lowest BCUT2D eigenvalue weighted by molar-refractivity contribution is -0.539. The number of rotatable bonds is 3. The van der Waals surface area contributed by atoms with Gasteiger partial charge in [0.2, 0.25) is 6.04 Å². The Morgan fingerprint density at radius 3 is 1.56 bits per heavy atom. The quantitative estimate of drug-likeness (QED) is 0.513. The predicted octanol–water partition coefficient (Wildman–Crippen LogP) is -0.499. The molecule has 0 aromatic carbocycles. The second kappa shape index (κ2) is 4.44. The van der Waals surface area contributed by atoms with Crippen LogP contribution in [0.1, 0.15) is 12.8 Å². The van der Waals surface area contributed by atoms with Crippen LogP contribution < -0.4 is 0 Å². The molecule has 2 aliphatic rings. The Hall–Kier alpha value is -0.700. The van der Waals surface area contributed by atoms with Crippen molar-refractivity contribution in [1.82, 2.24) is 0 Å². The van der Waals surface area contributed by atoms with E-state index in [4.69, 9.17) is 0 Å². The molecule has 104 valence electrons. The normalized spacial score (nSPS) is 33.8. The molecule has 0 spiro atoms. The Kier molecular flexibility index (Phi) is 3.39. The zero-order valence-electron chi connectivity index (χ0n) is 9.69. The van der Waals surface area contributed by atoms with Gasteiger partial charge in [-0.2, -0.15) is 0 Å².